The summed E-state index contributed by atoms with van der Waals surface area (Å²) < 4.78 is 13.9. The summed E-state index contributed by atoms with van der Waals surface area (Å²) in [6.45, 7) is 4.20. The number of fused-ring (bicyclic) bond motifs is 1. The fourth-order valence-corrected chi connectivity index (χ4v) is 4.12. The number of hydrogen-bond donors (Lipinski definition) is 1. The smallest absolute Gasteiger partial charge is 0.356 e. The van der Waals surface area contributed by atoms with Crippen LogP contribution in [0.1, 0.15) is 47.8 Å². The van der Waals surface area contributed by atoms with Gasteiger partial charge in [0.15, 0.2) is 0 Å². The Kier molecular flexibility index (Phi) is 5.67. The van der Waals surface area contributed by atoms with E-state index < -0.39 is 18.0 Å². The van der Waals surface area contributed by atoms with Crippen LogP contribution in [-0.4, -0.2) is 21.4 Å². The molecule has 7 nitrogen and oxygen atoms in total. The summed E-state index contributed by atoms with van der Waals surface area (Å²) in [6.07, 6.45) is 3.52. The normalized spacial score (nSPS) is 12.2. The van der Waals surface area contributed by atoms with Gasteiger partial charge in [-0.05, 0) is 49.6 Å². The first-order valence-corrected chi connectivity index (χ1v) is 10.4. The van der Waals surface area contributed by atoms with Crippen molar-refractivity contribution >= 4 is 33.4 Å². The highest BCUT2D eigenvalue weighted by atomic mass is 32.1. The maximum atomic E-state index is 13.1. The van der Waals surface area contributed by atoms with Crippen molar-refractivity contribution in [2.45, 2.75) is 32.5 Å². The highest BCUT2D eigenvalue weighted by Gasteiger charge is 2.28. The number of carbonyl (C=O) groups excluding carboxylic acids is 2. The molecule has 0 unspecified atom stereocenters. The molecule has 0 bridgehead atoms. The van der Waals surface area contributed by atoms with Crippen LogP contribution < -0.4 is 5.32 Å². The van der Waals surface area contributed by atoms with Crippen molar-refractivity contribution in [1.29, 1.82) is 0 Å². The van der Waals surface area contributed by atoms with Crippen molar-refractivity contribution in [1.82, 2.24) is 14.9 Å². The molecule has 30 heavy (non-hydrogen) atoms. The molecule has 0 aromatic carbocycles. The molecule has 154 valence electrons. The van der Waals surface area contributed by atoms with E-state index in [2.05, 4.69) is 10.3 Å². The van der Waals surface area contributed by atoms with E-state index in [0.29, 0.717) is 17.0 Å². The molecule has 1 amide bonds. The molecular formula is C22H21N3O4S. The minimum atomic E-state index is -1.13. The number of rotatable bonds is 7. The zero-order valence-corrected chi connectivity index (χ0v) is 17.4. The quantitative estimate of drug-likeness (QED) is 0.443. The Hall–Kier alpha value is -3.39. The van der Waals surface area contributed by atoms with E-state index in [0.717, 1.165) is 10.2 Å². The Labute approximate surface area is 177 Å². The number of aromatic nitrogens is 2. The summed E-state index contributed by atoms with van der Waals surface area (Å²) >= 11 is 1.56. The van der Waals surface area contributed by atoms with Crippen LogP contribution in [-0.2, 0) is 16.1 Å². The van der Waals surface area contributed by atoms with Crippen LogP contribution in [0.25, 0.3) is 10.2 Å². The van der Waals surface area contributed by atoms with Gasteiger partial charge < -0.3 is 19.0 Å². The highest BCUT2D eigenvalue weighted by Crippen LogP contribution is 2.30. The topological polar surface area (TPSA) is 86.4 Å². The first-order valence-electron chi connectivity index (χ1n) is 9.54. The molecular weight excluding hydrogens is 402 g/mol. The lowest BCUT2D eigenvalue weighted by atomic mass is 10.1. The molecule has 0 aliphatic rings. The summed E-state index contributed by atoms with van der Waals surface area (Å²) in [5.74, 6) is -0.403. The molecule has 0 spiro atoms. The Morgan fingerprint density at radius 2 is 2.13 bits per heavy atom. The van der Waals surface area contributed by atoms with Crippen molar-refractivity contribution in [2.75, 3.05) is 0 Å². The van der Waals surface area contributed by atoms with E-state index in [9.17, 15) is 9.59 Å². The van der Waals surface area contributed by atoms with Gasteiger partial charge in [0, 0.05) is 24.0 Å². The minimum Gasteiger partial charge on any atom is -0.467 e. The predicted octanol–water partition coefficient (Wildman–Crippen LogP) is 4.49. The van der Waals surface area contributed by atoms with Crippen molar-refractivity contribution in [3.8, 4) is 0 Å². The van der Waals surface area contributed by atoms with E-state index >= 15 is 0 Å². The van der Waals surface area contributed by atoms with Crippen LogP contribution in [0.5, 0.6) is 0 Å². The third-order valence-electron chi connectivity index (χ3n) is 4.65. The molecule has 0 radical (unpaired) electrons. The minimum absolute atomic E-state index is 0.0595. The number of nitrogens with zero attached hydrogens (tertiary/aromatic N) is 2. The van der Waals surface area contributed by atoms with E-state index in [1.54, 1.807) is 41.8 Å². The molecule has 0 fully saturated rings. The van der Waals surface area contributed by atoms with Gasteiger partial charge in [-0.2, -0.15) is 0 Å². The van der Waals surface area contributed by atoms with Crippen molar-refractivity contribution in [2.24, 2.45) is 0 Å². The molecule has 4 heterocycles. The molecule has 4 aromatic heterocycles. The number of pyridine rings is 1. The van der Waals surface area contributed by atoms with Gasteiger partial charge in [0.25, 0.3) is 5.91 Å². The molecule has 4 aromatic rings. The van der Waals surface area contributed by atoms with Crippen molar-refractivity contribution < 1.29 is 18.7 Å². The first-order chi connectivity index (χ1) is 14.5. The van der Waals surface area contributed by atoms with Crippen LogP contribution in [0.2, 0.25) is 0 Å². The molecule has 0 aliphatic carbocycles. The highest BCUT2D eigenvalue weighted by molar-refractivity contribution is 7.17. The van der Waals surface area contributed by atoms with Gasteiger partial charge in [0.05, 0.1) is 23.0 Å². The number of esters is 1. The van der Waals surface area contributed by atoms with Gasteiger partial charge in [-0.25, -0.2) is 4.79 Å². The number of thiophene rings is 1. The monoisotopic (exact) mass is 423 g/mol. The predicted molar refractivity (Wildman–Crippen MR) is 113 cm³/mol. The lowest BCUT2D eigenvalue weighted by Crippen LogP contribution is -2.32. The number of ether oxygens (including phenoxy) is 1. The van der Waals surface area contributed by atoms with Gasteiger partial charge in [0.1, 0.15) is 11.5 Å². The lowest BCUT2D eigenvalue weighted by Gasteiger charge is -2.19. The second-order valence-corrected chi connectivity index (χ2v) is 7.98. The summed E-state index contributed by atoms with van der Waals surface area (Å²) in [6, 6.07) is 10.7. The second kappa shape index (κ2) is 8.54. The third kappa shape index (κ3) is 3.99. The molecule has 0 saturated heterocycles. The maximum absolute atomic E-state index is 13.1. The second-order valence-electron chi connectivity index (χ2n) is 7.03. The van der Waals surface area contributed by atoms with E-state index in [1.165, 1.54) is 12.5 Å². The number of carbonyl (C=O) groups is 2. The largest absolute Gasteiger partial charge is 0.467 e. The van der Waals surface area contributed by atoms with Crippen LogP contribution in [0.3, 0.4) is 0 Å². The fourth-order valence-electron chi connectivity index (χ4n) is 3.31. The van der Waals surface area contributed by atoms with E-state index in [-0.39, 0.29) is 12.6 Å². The average Bonchev–Trinajstić information content (AvgIpc) is 3.47. The molecule has 4 rings (SSSR count). The van der Waals surface area contributed by atoms with Crippen molar-refractivity contribution in [3.63, 3.8) is 0 Å². The van der Waals surface area contributed by atoms with Gasteiger partial charge in [-0.3, -0.25) is 9.78 Å². The van der Waals surface area contributed by atoms with Crippen molar-refractivity contribution in [3.05, 3.63) is 77.5 Å². The number of furan rings is 1. The Morgan fingerprint density at radius 3 is 2.83 bits per heavy atom. The van der Waals surface area contributed by atoms with Crippen LogP contribution in [0.15, 0.2) is 64.9 Å². The lowest BCUT2D eigenvalue weighted by molar-refractivity contribution is -0.130. The van der Waals surface area contributed by atoms with E-state index in [1.807, 2.05) is 35.9 Å². The van der Waals surface area contributed by atoms with Gasteiger partial charge >= 0.3 is 5.97 Å². The third-order valence-corrected chi connectivity index (χ3v) is 5.51. The van der Waals surface area contributed by atoms with Gasteiger partial charge in [-0.1, -0.05) is 6.07 Å². The summed E-state index contributed by atoms with van der Waals surface area (Å²) in [4.78, 5) is 30.0. The number of nitrogens with one attached hydrogen (secondary N) is 1. The molecule has 1 N–H and O–H groups in total. The zero-order chi connectivity index (χ0) is 21.1. The molecule has 1 atom stereocenters. The first kappa shape index (κ1) is 19.9. The average molecular weight is 423 g/mol. The Morgan fingerprint density at radius 1 is 1.27 bits per heavy atom. The molecule has 0 aliphatic heterocycles. The standard InChI is InChI=1S/C22H21N3O4S/c1-14(2)25-17-7-10-30-19(17)11-18(25)22(27)29-20(15-5-3-8-23-12-15)21(26)24-13-16-6-4-9-28-16/h3-12,14,20H,13H2,1-2H3,(H,24,26)/t20-/m0/s1. The van der Waals surface area contributed by atoms with Crippen LogP contribution in [0, 0.1) is 0 Å². The summed E-state index contributed by atoms with van der Waals surface area (Å²) in [7, 11) is 0. The zero-order valence-electron chi connectivity index (χ0n) is 16.6. The Bertz CT molecular complexity index is 1150. The van der Waals surface area contributed by atoms with E-state index in [4.69, 9.17) is 9.15 Å². The summed E-state index contributed by atoms with van der Waals surface area (Å²) in [5, 5.41) is 4.74. The number of hydrogen-bond acceptors (Lipinski definition) is 6. The SMILES string of the molecule is CC(C)n1c(C(=O)O[C@H](C(=O)NCc2ccco2)c2cccnc2)cc2sccc21. The Balaban J connectivity index is 1.60. The maximum Gasteiger partial charge on any atom is 0.356 e. The fraction of sp³-hybridized carbons (Fsp3) is 0.227. The van der Waals surface area contributed by atoms with Crippen LogP contribution in [0.4, 0.5) is 0 Å². The molecule has 8 heteroatoms. The summed E-state index contributed by atoms with van der Waals surface area (Å²) in [5.41, 5.74) is 1.88. The van der Waals surface area contributed by atoms with Crippen LogP contribution >= 0.6 is 11.3 Å². The van der Waals surface area contributed by atoms with Gasteiger partial charge in [0.2, 0.25) is 6.10 Å². The van der Waals surface area contributed by atoms with Gasteiger partial charge in [-0.15, -0.1) is 11.3 Å². The number of amides is 1. The molecule has 0 saturated carbocycles.